The third kappa shape index (κ3) is 3.52. The predicted octanol–water partition coefficient (Wildman–Crippen LogP) is 1.68. The van der Waals surface area contributed by atoms with Crippen LogP contribution < -0.4 is 10.4 Å². The highest BCUT2D eigenvalue weighted by molar-refractivity contribution is 5.77. The molecule has 2 heterocycles. The molecule has 2 aromatic heterocycles. The number of ether oxygens (including phenoxy) is 1. The van der Waals surface area contributed by atoms with Crippen LogP contribution in [-0.2, 0) is 18.4 Å². The molecule has 7 nitrogen and oxygen atoms in total. The van der Waals surface area contributed by atoms with Crippen molar-refractivity contribution in [2.75, 3.05) is 6.61 Å². The van der Waals surface area contributed by atoms with Crippen LogP contribution in [0.5, 0.6) is 5.88 Å². The lowest BCUT2D eigenvalue weighted by Crippen LogP contribution is -2.22. The first kappa shape index (κ1) is 16.2. The molecule has 0 fully saturated rings. The van der Waals surface area contributed by atoms with Crippen LogP contribution >= 0.6 is 0 Å². The van der Waals surface area contributed by atoms with Crippen LogP contribution in [0, 0.1) is 0 Å². The first-order chi connectivity index (χ1) is 10.5. The Morgan fingerprint density at radius 1 is 1.36 bits per heavy atom. The van der Waals surface area contributed by atoms with E-state index in [2.05, 4.69) is 16.9 Å². The van der Waals surface area contributed by atoms with Gasteiger partial charge in [0.15, 0.2) is 5.65 Å². The van der Waals surface area contributed by atoms with Crippen LogP contribution in [0.3, 0.4) is 0 Å². The summed E-state index contributed by atoms with van der Waals surface area (Å²) in [5.41, 5.74) is 0.940. The van der Waals surface area contributed by atoms with Crippen LogP contribution in [0.2, 0.25) is 0 Å². The van der Waals surface area contributed by atoms with Gasteiger partial charge in [-0.05, 0) is 26.2 Å². The lowest BCUT2D eigenvalue weighted by molar-refractivity contribution is -0.117. The van der Waals surface area contributed by atoms with Gasteiger partial charge in [-0.15, -0.1) is 0 Å². The van der Waals surface area contributed by atoms with Gasteiger partial charge in [0.25, 0.3) is 0 Å². The summed E-state index contributed by atoms with van der Waals surface area (Å²) in [6.07, 6.45) is 4.73. The summed E-state index contributed by atoms with van der Waals surface area (Å²) in [6.45, 7) is 4.87. The summed E-state index contributed by atoms with van der Waals surface area (Å²) in [6, 6.07) is 0. The highest BCUT2D eigenvalue weighted by Gasteiger charge is 2.15. The van der Waals surface area contributed by atoms with Crippen molar-refractivity contribution in [3.8, 4) is 5.88 Å². The first-order valence-corrected chi connectivity index (χ1v) is 7.58. The third-order valence-corrected chi connectivity index (χ3v) is 3.45. The molecule has 22 heavy (non-hydrogen) atoms. The number of rotatable bonds is 8. The largest absolute Gasteiger partial charge is 0.476 e. The maximum atomic E-state index is 11.9. The maximum Gasteiger partial charge on any atom is 0.352 e. The number of imidazole rings is 1. The summed E-state index contributed by atoms with van der Waals surface area (Å²) >= 11 is 0. The maximum absolute atomic E-state index is 11.9. The number of hydrogen-bond acceptors (Lipinski definition) is 5. The fraction of sp³-hybridized carbons (Fsp3) is 0.600. The number of Topliss-reactive ketones (excluding diaryl/α,β-unsaturated/α-hetero) is 1. The zero-order valence-corrected chi connectivity index (χ0v) is 13.3. The van der Waals surface area contributed by atoms with Crippen LogP contribution in [0.25, 0.3) is 11.2 Å². The summed E-state index contributed by atoms with van der Waals surface area (Å²) in [5, 5.41) is 0. The van der Waals surface area contributed by atoms with E-state index >= 15 is 0 Å². The molecule has 0 saturated heterocycles. The average molecular weight is 306 g/mol. The molecule has 0 saturated carbocycles. The molecule has 0 N–H and O–H groups in total. The van der Waals surface area contributed by atoms with Gasteiger partial charge < -0.3 is 14.1 Å². The zero-order chi connectivity index (χ0) is 16.1. The number of hydrogen-bond donors (Lipinski definition) is 0. The van der Waals surface area contributed by atoms with E-state index in [1.165, 1.54) is 4.57 Å². The fourth-order valence-corrected chi connectivity index (χ4v) is 2.30. The zero-order valence-electron chi connectivity index (χ0n) is 13.3. The van der Waals surface area contributed by atoms with Gasteiger partial charge in [0.1, 0.15) is 11.3 Å². The van der Waals surface area contributed by atoms with Gasteiger partial charge in [0, 0.05) is 20.0 Å². The Morgan fingerprint density at radius 2 is 2.14 bits per heavy atom. The molecule has 2 aromatic rings. The van der Waals surface area contributed by atoms with Crippen LogP contribution in [0.1, 0.15) is 39.5 Å². The van der Waals surface area contributed by atoms with Gasteiger partial charge in [-0.3, -0.25) is 4.57 Å². The molecule has 0 aliphatic carbocycles. The SMILES string of the molecule is CCCn1cnc2c1c(OCCCCC(C)=O)nc(=O)n2C. The van der Waals surface area contributed by atoms with Crippen molar-refractivity contribution < 1.29 is 9.53 Å². The highest BCUT2D eigenvalue weighted by Crippen LogP contribution is 2.21. The molecule has 120 valence electrons. The van der Waals surface area contributed by atoms with Crippen molar-refractivity contribution in [1.82, 2.24) is 19.1 Å². The van der Waals surface area contributed by atoms with E-state index in [1.807, 2.05) is 4.57 Å². The standard InChI is InChI=1S/C15H22N4O3/c1-4-8-19-10-16-13-12(19)14(17-15(21)18(13)3)22-9-6-5-7-11(2)20/h10H,4-9H2,1-3H3. The highest BCUT2D eigenvalue weighted by atomic mass is 16.5. The second-order valence-electron chi connectivity index (χ2n) is 5.38. The van der Waals surface area contributed by atoms with Crippen LogP contribution in [0.4, 0.5) is 0 Å². The Kier molecular flexibility index (Phi) is 5.30. The second kappa shape index (κ2) is 7.20. The Bertz CT molecular complexity index is 717. The van der Waals surface area contributed by atoms with Crippen molar-refractivity contribution in [3.63, 3.8) is 0 Å². The van der Waals surface area contributed by atoms with E-state index < -0.39 is 0 Å². The summed E-state index contributed by atoms with van der Waals surface area (Å²) in [4.78, 5) is 31.1. The van der Waals surface area contributed by atoms with Crippen LogP contribution in [0.15, 0.2) is 11.1 Å². The smallest absolute Gasteiger partial charge is 0.352 e. The minimum Gasteiger partial charge on any atom is -0.476 e. The van der Waals surface area contributed by atoms with Crippen molar-refractivity contribution in [1.29, 1.82) is 0 Å². The molecule has 0 aliphatic heterocycles. The monoisotopic (exact) mass is 306 g/mol. The number of carbonyl (C=O) groups excluding carboxylic acids is 1. The van der Waals surface area contributed by atoms with E-state index in [0.717, 1.165) is 31.3 Å². The van der Waals surface area contributed by atoms with E-state index in [0.29, 0.717) is 24.6 Å². The predicted molar refractivity (Wildman–Crippen MR) is 83.1 cm³/mol. The Hall–Kier alpha value is -2.18. The van der Waals surface area contributed by atoms with Crippen molar-refractivity contribution >= 4 is 16.9 Å². The lowest BCUT2D eigenvalue weighted by Gasteiger charge is -2.09. The molecule has 0 spiro atoms. The minimum absolute atomic E-state index is 0.176. The van der Waals surface area contributed by atoms with Gasteiger partial charge in [0.2, 0.25) is 5.88 Å². The Morgan fingerprint density at radius 3 is 2.82 bits per heavy atom. The molecule has 0 aromatic carbocycles. The van der Waals surface area contributed by atoms with Crippen LogP contribution in [-0.4, -0.2) is 31.5 Å². The van der Waals surface area contributed by atoms with Gasteiger partial charge in [-0.1, -0.05) is 6.92 Å². The molecule has 0 bridgehead atoms. The van der Waals surface area contributed by atoms with Gasteiger partial charge in [-0.2, -0.15) is 4.98 Å². The Labute approximate surface area is 128 Å². The molecule has 0 atom stereocenters. The van der Waals surface area contributed by atoms with Crippen molar-refractivity contribution in [2.24, 2.45) is 7.05 Å². The van der Waals surface area contributed by atoms with Crippen molar-refractivity contribution in [3.05, 3.63) is 16.8 Å². The molecule has 0 amide bonds. The topological polar surface area (TPSA) is 79.0 Å². The Balaban J connectivity index is 2.20. The normalized spacial score (nSPS) is 11.0. The third-order valence-electron chi connectivity index (χ3n) is 3.45. The number of fused-ring (bicyclic) bond motifs is 1. The number of aromatic nitrogens is 4. The number of ketones is 1. The molecule has 2 rings (SSSR count). The van der Waals surface area contributed by atoms with Gasteiger partial charge >= 0.3 is 5.69 Å². The van der Waals surface area contributed by atoms with E-state index in [-0.39, 0.29) is 11.5 Å². The minimum atomic E-state index is -0.381. The van der Waals surface area contributed by atoms with Gasteiger partial charge in [0.05, 0.1) is 12.9 Å². The number of aryl methyl sites for hydroxylation is 2. The van der Waals surface area contributed by atoms with E-state index in [1.54, 1.807) is 20.3 Å². The van der Waals surface area contributed by atoms with Crippen molar-refractivity contribution in [2.45, 2.75) is 46.1 Å². The average Bonchev–Trinajstić information content (AvgIpc) is 2.88. The molecule has 0 radical (unpaired) electrons. The van der Waals surface area contributed by atoms with E-state index in [9.17, 15) is 9.59 Å². The fourth-order valence-electron chi connectivity index (χ4n) is 2.30. The summed E-state index contributed by atoms with van der Waals surface area (Å²) in [7, 11) is 1.65. The molecular formula is C15H22N4O3. The molecule has 0 unspecified atom stereocenters. The lowest BCUT2D eigenvalue weighted by atomic mass is 10.2. The quantitative estimate of drug-likeness (QED) is 0.693. The van der Waals surface area contributed by atoms with Gasteiger partial charge in [-0.25, -0.2) is 9.78 Å². The molecule has 7 heteroatoms. The number of carbonyl (C=O) groups is 1. The molecular weight excluding hydrogens is 284 g/mol. The summed E-state index contributed by atoms with van der Waals surface area (Å²) in [5.74, 6) is 0.502. The number of nitrogens with zero attached hydrogens (tertiary/aromatic N) is 4. The van der Waals surface area contributed by atoms with E-state index in [4.69, 9.17) is 4.74 Å². The molecule has 0 aliphatic rings. The number of unbranched alkanes of at least 4 members (excludes halogenated alkanes) is 1. The second-order valence-corrected chi connectivity index (χ2v) is 5.38. The first-order valence-electron chi connectivity index (χ1n) is 7.58. The summed E-state index contributed by atoms with van der Waals surface area (Å²) < 4.78 is 9.06.